The quantitative estimate of drug-likeness (QED) is 0.705. The molecule has 2 N–H and O–H groups in total. The number of halogens is 1. The summed E-state index contributed by atoms with van der Waals surface area (Å²) in [5, 5.41) is 6.35. The average molecular weight is 291 g/mol. The lowest BCUT2D eigenvalue weighted by Gasteiger charge is -2.12. The molecule has 0 aromatic carbocycles. The first kappa shape index (κ1) is 16.7. The molecule has 2 rings (SSSR count). The van der Waals surface area contributed by atoms with Crippen LogP contribution in [0.15, 0.2) is 0 Å². The Morgan fingerprint density at radius 2 is 2.00 bits per heavy atom. The predicted molar refractivity (Wildman–Crippen MR) is 78.7 cm³/mol. The molecular weight excluding hydrogens is 264 g/mol. The predicted octanol–water partition coefficient (Wildman–Crippen LogP) is 2.02. The van der Waals surface area contributed by atoms with Crippen molar-refractivity contribution in [1.29, 1.82) is 0 Å². The second-order valence-electron chi connectivity index (χ2n) is 5.46. The molecule has 0 spiro atoms. The van der Waals surface area contributed by atoms with E-state index in [1.165, 1.54) is 38.5 Å². The molecule has 19 heavy (non-hydrogen) atoms. The van der Waals surface area contributed by atoms with Gasteiger partial charge in [-0.2, -0.15) is 0 Å². The van der Waals surface area contributed by atoms with Crippen LogP contribution in [-0.2, 0) is 9.53 Å². The highest BCUT2D eigenvalue weighted by atomic mass is 35.5. The maximum atomic E-state index is 11.6. The van der Waals surface area contributed by atoms with Gasteiger partial charge in [0.05, 0.1) is 12.7 Å². The van der Waals surface area contributed by atoms with Gasteiger partial charge in [-0.1, -0.05) is 12.8 Å². The van der Waals surface area contributed by atoms with Crippen LogP contribution in [-0.4, -0.2) is 37.7 Å². The minimum absolute atomic E-state index is 0. The SMILES string of the molecule is Cl.O=C(CCC1CCCN1)NCCOC1CCCC1. The third kappa shape index (κ3) is 6.59. The summed E-state index contributed by atoms with van der Waals surface area (Å²) in [5.41, 5.74) is 0. The molecule has 1 unspecified atom stereocenters. The number of ether oxygens (including phenoxy) is 1. The van der Waals surface area contributed by atoms with E-state index in [2.05, 4.69) is 10.6 Å². The van der Waals surface area contributed by atoms with Crippen molar-refractivity contribution in [2.75, 3.05) is 19.7 Å². The summed E-state index contributed by atoms with van der Waals surface area (Å²) >= 11 is 0. The van der Waals surface area contributed by atoms with Crippen molar-refractivity contribution in [3.63, 3.8) is 0 Å². The number of hydrogen-bond donors (Lipinski definition) is 2. The first-order valence-electron chi connectivity index (χ1n) is 7.46. The molecule has 2 aliphatic rings. The summed E-state index contributed by atoms with van der Waals surface area (Å²) in [4.78, 5) is 11.6. The molecule has 112 valence electrons. The van der Waals surface area contributed by atoms with E-state index in [-0.39, 0.29) is 18.3 Å². The lowest BCUT2D eigenvalue weighted by atomic mass is 10.1. The Kier molecular flexibility index (Phi) is 8.42. The number of nitrogens with one attached hydrogen (secondary N) is 2. The van der Waals surface area contributed by atoms with Gasteiger partial charge in [-0.25, -0.2) is 0 Å². The van der Waals surface area contributed by atoms with Gasteiger partial charge in [0.1, 0.15) is 0 Å². The van der Waals surface area contributed by atoms with Gasteiger partial charge >= 0.3 is 0 Å². The van der Waals surface area contributed by atoms with Crippen LogP contribution < -0.4 is 10.6 Å². The number of carbonyl (C=O) groups is 1. The molecule has 1 amide bonds. The molecule has 0 aromatic heterocycles. The molecule has 5 heteroatoms. The number of carbonyl (C=O) groups excluding carboxylic acids is 1. The van der Waals surface area contributed by atoms with Crippen LogP contribution in [0.5, 0.6) is 0 Å². The highest BCUT2D eigenvalue weighted by Gasteiger charge is 2.16. The molecule has 0 bridgehead atoms. The minimum Gasteiger partial charge on any atom is -0.376 e. The number of hydrogen-bond acceptors (Lipinski definition) is 3. The summed E-state index contributed by atoms with van der Waals surface area (Å²) in [6, 6.07) is 0.561. The van der Waals surface area contributed by atoms with Gasteiger partial charge in [-0.05, 0) is 38.6 Å². The fourth-order valence-corrected chi connectivity index (χ4v) is 2.87. The molecule has 1 aliphatic heterocycles. The van der Waals surface area contributed by atoms with Gasteiger partial charge < -0.3 is 15.4 Å². The van der Waals surface area contributed by atoms with Crippen LogP contribution in [0.4, 0.5) is 0 Å². The van der Waals surface area contributed by atoms with Gasteiger partial charge in [0.25, 0.3) is 0 Å². The fraction of sp³-hybridized carbons (Fsp3) is 0.929. The van der Waals surface area contributed by atoms with Crippen molar-refractivity contribution in [2.45, 2.75) is 63.5 Å². The normalized spacial score (nSPS) is 23.3. The van der Waals surface area contributed by atoms with Crippen molar-refractivity contribution >= 4 is 18.3 Å². The Balaban J connectivity index is 0.00000180. The third-order valence-corrected chi connectivity index (χ3v) is 3.96. The maximum absolute atomic E-state index is 11.6. The molecule has 4 nitrogen and oxygen atoms in total. The molecule has 1 saturated heterocycles. The Hall–Kier alpha value is -0.320. The molecular formula is C14H27ClN2O2. The zero-order valence-corrected chi connectivity index (χ0v) is 12.5. The van der Waals surface area contributed by atoms with Gasteiger partial charge in [-0.3, -0.25) is 4.79 Å². The Bertz CT molecular complexity index is 252. The van der Waals surface area contributed by atoms with Crippen LogP contribution in [0, 0.1) is 0 Å². The zero-order chi connectivity index (χ0) is 12.6. The average Bonchev–Trinajstić information content (AvgIpc) is 3.04. The van der Waals surface area contributed by atoms with E-state index < -0.39 is 0 Å². The van der Waals surface area contributed by atoms with Crippen LogP contribution in [0.1, 0.15) is 51.4 Å². The summed E-state index contributed by atoms with van der Waals surface area (Å²) in [6.07, 6.45) is 9.51. The lowest BCUT2D eigenvalue weighted by Crippen LogP contribution is -2.30. The van der Waals surface area contributed by atoms with E-state index in [9.17, 15) is 4.79 Å². The molecule has 1 heterocycles. The summed E-state index contributed by atoms with van der Waals surface area (Å²) < 4.78 is 5.70. The standard InChI is InChI=1S/C14H26N2O2.ClH/c17-14(8-7-12-4-3-9-15-12)16-10-11-18-13-5-1-2-6-13;/h12-13,15H,1-11H2,(H,16,17);1H. The minimum atomic E-state index is 0. The number of amides is 1. The smallest absolute Gasteiger partial charge is 0.220 e. The van der Waals surface area contributed by atoms with E-state index in [4.69, 9.17) is 4.74 Å². The highest BCUT2D eigenvalue weighted by molar-refractivity contribution is 5.85. The van der Waals surface area contributed by atoms with Gasteiger partial charge in [0.15, 0.2) is 0 Å². The van der Waals surface area contributed by atoms with Crippen molar-refractivity contribution < 1.29 is 9.53 Å². The molecule has 2 fully saturated rings. The second-order valence-corrected chi connectivity index (χ2v) is 5.46. The van der Waals surface area contributed by atoms with Crippen molar-refractivity contribution in [3.05, 3.63) is 0 Å². The molecule has 1 saturated carbocycles. The van der Waals surface area contributed by atoms with E-state index in [1.54, 1.807) is 0 Å². The largest absolute Gasteiger partial charge is 0.376 e. The van der Waals surface area contributed by atoms with Crippen LogP contribution in [0.25, 0.3) is 0 Å². The fourth-order valence-electron chi connectivity index (χ4n) is 2.87. The topological polar surface area (TPSA) is 50.4 Å². The molecule has 0 aromatic rings. The van der Waals surface area contributed by atoms with Gasteiger partial charge in [0.2, 0.25) is 5.91 Å². The zero-order valence-electron chi connectivity index (χ0n) is 11.7. The van der Waals surface area contributed by atoms with Gasteiger partial charge in [-0.15, -0.1) is 12.4 Å². The van der Waals surface area contributed by atoms with Crippen molar-refractivity contribution in [3.8, 4) is 0 Å². The second kappa shape index (κ2) is 9.56. The van der Waals surface area contributed by atoms with E-state index in [0.717, 1.165) is 13.0 Å². The third-order valence-electron chi connectivity index (χ3n) is 3.96. The summed E-state index contributed by atoms with van der Waals surface area (Å²) in [5.74, 6) is 0.165. The van der Waals surface area contributed by atoms with Crippen LogP contribution in [0.3, 0.4) is 0 Å². The van der Waals surface area contributed by atoms with E-state index in [0.29, 0.717) is 31.7 Å². The van der Waals surface area contributed by atoms with Gasteiger partial charge in [0, 0.05) is 19.0 Å². The first-order valence-corrected chi connectivity index (χ1v) is 7.46. The monoisotopic (exact) mass is 290 g/mol. The van der Waals surface area contributed by atoms with Crippen molar-refractivity contribution in [1.82, 2.24) is 10.6 Å². The molecule has 0 radical (unpaired) electrons. The first-order chi connectivity index (χ1) is 8.84. The van der Waals surface area contributed by atoms with Crippen molar-refractivity contribution in [2.24, 2.45) is 0 Å². The highest BCUT2D eigenvalue weighted by Crippen LogP contribution is 2.20. The summed E-state index contributed by atoms with van der Waals surface area (Å²) in [7, 11) is 0. The van der Waals surface area contributed by atoms with Crippen LogP contribution >= 0.6 is 12.4 Å². The Labute approximate surface area is 122 Å². The number of rotatable bonds is 7. The van der Waals surface area contributed by atoms with Crippen LogP contribution in [0.2, 0.25) is 0 Å². The Morgan fingerprint density at radius 1 is 1.21 bits per heavy atom. The maximum Gasteiger partial charge on any atom is 0.220 e. The van der Waals surface area contributed by atoms with E-state index >= 15 is 0 Å². The van der Waals surface area contributed by atoms with E-state index in [1.807, 2.05) is 0 Å². The molecule has 1 atom stereocenters. The summed E-state index contributed by atoms with van der Waals surface area (Å²) in [6.45, 7) is 2.44. The lowest BCUT2D eigenvalue weighted by molar-refractivity contribution is -0.121. The Morgan fingerprint density at radius 3 is 2.68 bits per heavy atom. The molecule has 1 aliphatic carbocycles.